The Balaban J connectivity index is 1.34. The van der Waals surface area contributed by atoms with E-state index >= 15 is 0 Å². The number of nitrogens with one attached hydrogen (secondary N) is 2. The van der Waals surface area contributed by atoms with Gasteiger partial charge in [0.15, 0.2) is 0 Å². The Morgan fingerprint density at radius 3 is 2.52 bits per heavy atom. The summed E-state index contributed by atoms with van der Waals surface area (Å²) in [6, 6.07) is 16.7. The van der Waals surface area contributed by atoms with E-state index in [0.717, 1.165) is 19.4 Å². The maximum Gasteiger partial charge on any atom is 0.255 e. The van der Waals surface area contributed by atoms with E-state index in [1.807, 2.05) is 6.07 Å². The molecule has 8 nitrogen and oxygen atoms in total. The molecule has 172 valence electrons. The van der Waals surface area contributed by atoms with Crippen LogP contribution in [0.5, 0.6) is 0 Å². The van der Waals surface area contributed by atoms with Crippen molar-refractivity contribution < 1.29 is 18.0 Å². The highest BCUT2D eigenvalue weighted by Crippen LogP contribution is 2.34. The van der Waals surface area contributed by atoms with Gasteiger partial charge in [0.05, 0.1) is 11.4 Å². The number of benzene rings is 2. The monoisotopic (exact) mass is 484 g/mol. The number of hydrogen-bond donors (Lipinski definition) is 3. The van der Waals surface area contributed by atoms with Crippen LogP contribution in [0.2, 0.25) is 0 Å². The molecule has 4 N–H and O–H groups in total. The average Bonchev–Trinajstić information content (AvgIpc) is 3.45. The normalized spacial score (nSPS) is 16.5. The van der Waals surface area contributed by atoms with Gasteiger partial charge in [-0.1, -0.05) is 12.1 Å². The van der Waals surface area contributed by atoms with Gasteiger partial charge in [-0.3, -0.25) is 14.5 Å². The van der Waals surface area contributed by atoms with Crippen molar-refractivity contribution in [2.45, 2.75) is 23.8 Å². The van der Waals surface area contributed by atoms with Crippen LogP contribution in [0, 0.1) is 0 Å². The molecule has 0 spiro atoms. The molecule has 1 aliphatic heterocycles. The third-order valence-corrected chi connectivity index (χ3v) is 7.32. The van der Waals surface area contributed by atoms with E-state index in [1.165, 1.54) is 23.1 Å². The summed E-state index contributed by atoms with van der Waals surface area (Å²) in [5.74, 6) is -0.509. The first-order valence-electron chi connectivity index (χ1n) is 10.4. The number of carbonyl (C=O) groups excluding carboxylic acids is 2. The van der Waals surface area contributed by atoms with Crippen LogP contribution in [0.3, 0.4) is 0 Å². The first kappa shape index (κ1) is 23.1. The fraction of sp³-hybridized carbons (Fsp3) is 0.217. The molecule has 10 heteroatoms. The van der Waals surface area contributed by atoms with Gasteiger partial charge in [-0.05, 0) is 73.3 Å². The zero-order valence-corrected chi connectivity index (χ0v) is 19.4. The maximum atomic E-state index is 12.6. The molecule has 1 aromatic heterocycles. The predicted octanol–water partition coefficient (Wildman–Crippen LogP) is 3.42. The second-order valence-corrected chi connectivity index (χ2v) is 10.3. The number of anilines is 2. The van der Waals surface area contributed by atoms with E-state index in [4.69, 9.17) is 5.14 Å². The van der Waals surface area contributed by atoms with E-state index in [0.29, 0.717) is 23.5 Å². The lowest BCUT2D eigenvalue weighted by Gasteiger charge is -2.22. The van der Waals surface area contributed by atoms with Crippen LogP contribution in [-0.4, -0.2) is 38.2 Å². The van der Waals surface area contributed by atoms with Crippen LogP contribution in [0.1, 0.15) is 34.1 Å². The molecule has 2 heterocycles. The van der Waals surface area contributed by atoms with E-state index in [1.54, 1.807) is 41.7 Å². The van der Waals surface area contributed by atoms with Crippen LogP contribution in [0.15, 0.2) is 70.9 Å². The fourth-order valence-electron chi connectivity index (χ4n) is 3.86. The number of rotatable bonds is 7. The minimum atomic E-state index is -3.86. The maximum absolute atomic E-state index is 12.6. The molecule has 0 bridgehead atoms. The van der Waals surface area contributed by atoms with Crippen molar-refractivity contribution in [1.82, 2.24) is 4.90 Å². The number of amides is 2. The smallest absolute Gasteiger partial charge is 0.255 e. The van der Waals surface area contributed by atoms with Gasteiger partial charge in [0.2, 0.25) is 15.9 Å². The van der Waals surface area contributed by atoms with Crippen molar-refractivity contribution >= 4 is 44.5 Å². The van der Waals surface area contributed by atoms with E-state index in [2.05, 4.69) is 27.0 Å². The average molecular weight is 485 g/mol. The largest absolute Gasteiger partial charge is 0.325 e. The SMILES string of the molecule is NS(=O)(=O)c1cccc(NC(=O)c2ccc(NC(=O)CN3CCC[C@H]3c3cccs3)cc2)c1. The molecule has 2 amide bonds. The van der Waals surface area contributed by atoms with Gasteiger partial charge in [0.1, 0.15) is 0 Å². The summed E-state index contributed by atoms with van der Waals surface area (Å²) >= 11 is 1.71. The van der Waals surface area contributed by atoms with Crippen molar-refractivity contribution in [2.75, 3.05) is 23.7 Å². The van der Waals surface area contributed by atoms with Gasteiger partial charge in [-0.15, -0.1) is 11.3 Å². The molecule has 0 saturated carbocycles. The Morgan fingerprint density at radius 2 is 1.82 bits per heavy atom. The summed E-state index contributed by atoms with van der Waals surface area (Å²) in [7, 11) is -3.86. The third-order valence-electron chi connectivity index (χ3n) is 5.43. The molecule has 0 radical (unpaired) electrons. The van der Waals surface area contributed by atoms with E-state index < -0.39 is 15.9 Å². The Kier molecular flexibility index (Phi) is 6.89. The van der Waals surface area contributed by atoms with Crippen molar-refractivity contribution in [3.63, 3.8) is 0 Å². The number of thiophene rings is 1. The Bertz CT molecular complexity index is 1240. The lowest BCUT2D eigenvalue weighted by Crippen LogP contribution is -2.32. The highest BCUT2D eigenvalue weighted by Gasteiger charge is 2.28. The van der Waals surface area contributed by atoms with Crippen LogP contribution in [0.25, 0.3) is 0 Å². The molecule has 4 rings (SSSR count). The van der Waals surface area contributed by atoms with Gasteiger partial charge in [-0.25, -0.2) is 13.6 Å². The minimum Gasteiger partial charge on any atom is -0.325 e. The molecule has 1 aliphatic rings. The molecular formula is C23H24N4O4S2. The number of nitrogens with zero attached hydrogens (tertiary/aromatic N) is 1. The van der Waals surface area contributed by atoms with Crippen molar-refractivity contribution in [3.05, 3.63) is 76.5 Å². The van der Waals surface area contributed by atoms with Gasteiger partial charge < -0.3 is 10.6 Å². The van der Waals surface area contributed by atoms with Gasteiger partial charge >= 0.3 is 0 Å². The Labute approximate surface area is 196 Å². The van der Waals surface area contributed by atoms with Gasteiger partial charge in [-0.2, -0.15) is 0 Å². The van der Waals surface area contributed by atoms with Crippen LogP contribution < -0.4 is 15.8 Å². The highest BCUT2D eigenvalue weighted by atomic mass is 32.2. The third kappa shape index (κ3) is 5.85. The predicted molar refractivity (Wildman–Crippen MR) is 129 cm³/mol. The van der Waals surface area contributed by atoms with Crippen LogP contribution >= 0.6 is 11.3 Å². The number of carbonyl (C=O) groups is 2. The second-order valence-electron chi connectivity index (χ2n) is 7.80. The van der Waals surface area contributed by atoms with E-state index in [-0.39, 0.29) is 16.8 Å². The summed E-state index contributed by atoms with van der Waals surface area (Å²) in [5, 5.41) is 12.7. The molecule has 1 fully saturated rings. The first-order chi connectivity index (χ1) is 15.8. The number of nitrogens with two attached hydrogens (primary N) is 1. The molecule has 3 aromatic rings. The minimum absolute atomic E-state index is 0.0855. The van der Waals surface area contributed by atoms with Gasteiger partial charge in [0, 0.05) is 27.9 Å². The molecule has 0 aliphatic carbocycles. The molecule has 33 heavy (non-hydrogen) atoms. The lowest BCUT2D eigenvalue weighted by atomic mass is 10.2. The fourth-order valence-corrected chi connectivity index (χ4v) is 5.32. The number of hydrogen-bond acceptors (Lipinski definition) is 6. The highest BCUT2D eigenvalue weighted by molar-refractivity contribution is 7.89. The molecule has 2 aromatic carbocycles. The second kappa shape index (κ2) is 9.84. The van der Waals surface area contributed by atoms with Crippen LogP contribution in [-0.2, 0) is 14.8 Å². The molecule has 1 atom stereocenters. The quantitative estimate of drug-likeness (QED) is 0.474. The van der Waals surface area contributed by atoms with Crippen molar-refractivity contribution in [1.29, 1.82) is 0 Å². The molecule has 1 saturated heterocycles. The summed E-state index contributed by atoms with van der Waals surface area (Å²) in [6.45, 7) is 1.20. The topological polar surface area (TPSA) is 122 Å². The van der Waals surface area contributed by atoms with Crippen LogP contribution in [0.4, 0.5) is 11.4 Å². The van der Waals surface area contributed by atoms with E-state index in [9.17, 15) is 18.0 Å². The zero-order valence-electron chi connectivity index (χ0n) is 17.7. The number of likely N-dealkylation sites (tertiary alicyclic amines) is 1. The summed E-state index contributed by atoms with van der Waals surface area (Å²) in [4.78, 5) is 28.5. The zero-order chi connectivity index (χ0) is 23.4. The summed E-state index contributed by atoms with van der Waals surface area (Å²) in [6.07, 6.45) is 2.12. The molecular weight excluding hydrogens is 460 g/mol. The lowest BCUT2D eigenvalue weighted by molar-refractivity contribution is -0.117. The van der Waals surface area contributed by atoms with Crippen molar-refractivity contribution in [3.8, 4) is 0 Å². The summed E-state index contributed by atoms with van der Waals surface area (Å²) < 4.78 is 23.0. The standard InChI is InChI=1S/C23H24N4O4S2/c24-33(30,31)19-5-1-4-18(14-19)26-23(29)16-8-10-17(11-9-16)25-22(28)15-27-12-2-6-20(27)21-7-3-13-32-21/h1,3-5,7-11,13-14,20H,2,6,12,15H2,(H,25,28)(H,26,29)(H2,24,30,31)/t20-/m0/s1. The summed E-state index contributed by atoms with van der Waals surface area (Å²) in [5.41, 5.74) is 1.28. The number of sulfonamides is 1. The van der Waals surface area contributed by atoms with Gasteiger partial charge in [0.25, 0.3) is 5.91 Å². The first-order valence-corrected chi connectivity index (χ1v) is 12.8. The van der Waals surface area contributed by atoms with Crippen molar-refractivity contribution in [2.24, 2.45) is 5.14 Å². The molecule has 0 unspecified atom stereocenters. The Hall–Kier alpha value is -3.05. The number of primary sulfonamides is 1. The Morgan fingerprint density at radius 1 is 1.03 bits per heavy atom.